The Bertz CT molecular complexity index is 371. The summed E-state index contributed by atoms with van der Waals surface area (Å²) >= 11 is 3.48. The van der Waals surface area contributed by atoms with Crippen LogP contribution < -0.4 is 5.32 Å². The minimum absolute atomic E-state index is 0.534. The van der Waals surface area contributed by atoms with Crippen molar-refractivity contribution in [1.82, 2.24) is 10.2 Å². The van der Waals surface area contributed by atoms with Crippen LogP contribution in [0.1, 0.15) is 32.3 Å². The first-order valence-electron chi connectivity index (χ1n) is 7.37. The van der Waals surface area contributed by atoms with Crippen molar-refractivity contribution in [3.63, 3.8) is 0 Å². The smallest absolute Gasteiger partial charge is 0.0192 e. The summed E-state index contributed by atoms with van der Waals surface area (Å²) in [5.41, 5.74) is 1.40. The van der Waals surface area contributed by atoms with Gasteiger partial charge in [-0.2, -0.15) is 0 Å². The maximum absolute atomic E-state index is 3.67. The number of benzene rings is 1. The van der Waals surface area contributed by atoms with E-state index in [9.17, 15) is 0 Å². The monoisotopic (exact) mass is 324 g/mol. The predicted molar refractivity (Wildman–Crippen MR) is 85.6 cm³/mol. The lowest BCUT2D eigenvalue weighted by Crippen LogP contribution is -2.42. The number of halogens is 1. The molecule has 1 heterocycles. The summed E-state index contributed by atoms with van der Waals surface area (Å²) in [7, 11) is 0. The third-order valence-corrected chi connectivity index (χ3v) is 4.51. The number of hydrogen-bond acceptors (Lipinski definition) is 2. The van der Waals surface area contributed by atoms with Gasteiger partial charge in [0.25, 0.3) is 0 Å². The van der Waals surface area contributed by atoms with Gasteiger partial charge in [0.1, 0.15) is 0 Å². The molecular formula is C16H25BrN2. The summed E-state index contributed by atoms with van der Waals surface area (Å²) in [6.07, 6.45) is 3.84. The first kappa shape index (κ1) is 15.0. The standard InChI is InChI=1S/C16H25BrN2/c1-13(11-15-5-7-16(17)8-6-15)18-12-14(2)19-9-3-4-10-19/h5-8,13-14,18H,3-4,9-12H2,1-2H3. The highest BCUT2D eigenvalue weighted by atomic mass is 79.9. The van der Waals surface area contributed by atoms with Crippen LogP contribution in [0.4, 0.5) is 0 Å². The summed E-state index contributed by atoms with van der Waals surface area (Å²) < 4.78 is 1.15. The molecule has 1 fully saturated rings. The van der Waals surface area contributed by atoms with E-state index in [1.807, 2.05) is 0 Å². The molecule has 0 aromatic heterocycles. The molecule has 1 aliphatic rings. The molecule has 0 radical (unpaired) electrons. The van der Waals surface area contributed by atoms with Crippen molar-refractivity contribution in [2.75, 3.05) is 19.6 Å². The molecule has 19 heavy (non-hydrogen) atoms. The SMILES string of the molecule is CC(Cc1ccc(Br)cc1)NCC(C)N1CCCC1. The maximum atomic E-state index is 3.67. The van der Waals surface area contributed by atoms with Crippen LogP contribution in [-0.2, 0) is 6.42 Å². The Morgan fingerprint density at radius 2 is 1.79 bits per heavy atom. The second kappa shape index (κ2) is 7.41. The molecule has 2 atom stereocenters. The quantitative estimate of drug-likeness (QED) is 0.862. The molecule has 106 valence electrons. The van der Waals surface area contributed by atoms with E-state index in [-0.39, 0.29) is 0 Å². The molecule has 0 aliphatic carbocycles. The topological polar surface area (TPSA) is 15.3 Å². The highest BCUT2D eigenvalue weighted by Gasteiger charge is 2.18. The minimum atomic E-state index is 0.534. The number of nitrogens with zero attached hydrogens (tertiary/aromatic N) is 1. The number of hydrogen-bond donors (Lipinski definition) is 1. The Balaban J connectivity index is 1.71. The van der Waals surface area contributed by atoms with Crippen LogP contribution in [0.5, 0.6) is 0 Å². The van der Waals surface area contributed by atoms with Crippen LogP contribution in [-0.4, -0.2) is 36.6 Å². The lowest BCUT2D eigenvalue weighted by Gasteiger charge is -2.25. The predicted octanol–water partition coefficient (Wildman–Crippen LogP) is 3.45. The van der Waals surface area contributed by atoms with E-state index < -0.39 is 0 Å². The van der Waals surface area contributed by atoms with Gasteiger partial charge in [-0.05, 0) is 63.9 Å². The Morgan fingerprint density at radius 1 is 1.16 bits per heavy atom. The molecule has 1 aliphatic heterocycles. The summed E-state index contributed by atoms with van der Waals surface area (Å²) in [6, 6.07) is 9.84. The van der Waals surface area contributed by atoms with Crippen molar-refractivity contribution in [3.05, 3.63) is 34.3 Å². The van der Waals surface area contributed by atoms with Gasteiger partial charge in [0, 0.05) is 23.1 Å². The Kier molecular flexibility index (Phi) is 5.86. The van der Waals surface area contributed by atoms with Gasteiger partial charge >= 0.3 is 0 Å². The molecule has 2 nitrogen and oxygen atoms in total. The number of nitrogens with one attached hydrogen (secondary N) is 1. The molecule has 1 aromatic carbocycles. The van der Waals surface area contributed by atoms with Crippen molar-refractivity contribution >= 4 is 15.9 Å². The van der Waals surface area contributed by atoms with Crippen LogP contribution in [0.25, 0.3) is 0 Å². The van der Waals surface area contributed by atoms with Crippen LogP contribution in [0, 0.1) is 0 Å². The Labute approximate surface area is 125 Å². The van der Waals surface area contributed by atoms with Crippen LogP contribution >= 0.6 is 15.9 Å². The fourth-order valence-corrected chi connectivity index (χ4v) is 2.99. The lowest BCUT2D eigenvalue weighted by atomic mass is 10.1. The molecular weight excluding hydrogens is 300 g/mol. The summed E-state index contributed by atoms with van der Waals surface area (Å²) in [4.78, 5) is 2.60. The third-order valence-electron chi connectivity index (χ3n) is 3.98. The van der Waals surface area contributed by atoms with E-state index in [0.29, 0.717) is 12.1 Å². The van der Waals surface area contributed by atoms with Gasteiger partial charge in [-0.15, -0.1) is 0 Å². The highest BCUT2D eigenvalue weighted by molar-refractivity contribution is 9.10. The third kappa shape index (κ3) is 4.90. The zero-order chi connectivity index (χ0) is 13.7. The van der Waals surface area contributed by atoms with Crippen LogP contribution in [0.3, 0.4) is 0 Å². The molecule has 2 unspecified atom stereocenters. The zero-order valence-corrected chi connectivity index (χ0v) is 13.6. The second-order valence-corrected chi connectivity index (χ2v) is 6.65. The molecule has 3 heteroatoms. The normalized spacial score (nSPS) is 19.5. The first-order valence-corrected chi connectivity index (χ1v) is 8.16. The van der Waals surface area contributed by atoms with Gasteiger partial charge in [-0.3, -0.25) is 4.90 Å². The Hall–Kier alpha value is -0.380. The van der Waals surface area contributed by atoms with E-state index in [4.69, 9.17) is 0 Å². The van der Waals surface area contributed by atoms with E-state index in [0.717, 1.165) is 17.4 Å². The van der Waals surface area contributed by atoms with E-state index in [1.165, 1.54) is 31.5 Å². The van der Waals surface area contributed by atoms with Gasteiger partial charge < -0.3 is 5.32 Å². The van der Waals surface area contributed by atoms with Crippen molar-refractivity contribution in [2.24, 2.45) is 0 Å². The average Bonchev–Trinajstić information content (AvgIpc) is 2.93. The molecule has 0 spiro atoms. The number of likely N-dealkylation sites (tertiary alicyclic amines) is 1. The van der Waals surface area contributed by atoms with Gasteiger partial charge in [-0.1, -0.05) is 28.1 Å². The fraction of sp³-hybridized carbons (Fsp3) is 0.625. The summed E-state index contributed by atoms with van der Waals surface area (Å²) in [5.74, 6) is 0. The molecule has 2 rings (SSSR count). The summed E-state index contributed by atoms with van der Waals surface area (Å²) in [5, 5.41) is 3.67. The van der Waals surface area contributed by atoms with Crippen molar-refractivity contribution in [1.29, 1.82) is 0 Å². The van der Waals surface area contributed by atoms with E-state index >= 15 is 0 Å². The molecule has 0 amide bonds. The second-order valence-electron chi connectivity index (χ2n) is 5.73. The van der Waals surface area contributed by atoms with Crippen LogP contribution in [0.2, 0.25) is 0 Å². The largest absolute Gasteiger partial charge is 0.312 e. The molecule has 1 N–H and O–H groups in total. The van der Waals surface area contributed by atoms with E-state index in [1.54, 1.807) is 0 Å². The molecule has 1 aromatic rings. The molecule has 0 bridgehead atoms. The van der Waals surface area contributed by atoms with Gasteiger partial charge in [-0.25, -0.2) is 0 Å². The van der Waals surface area contributed by atoms with Crippen molar-refractivity contribution < 1.29 is 0 Å². The minimum Gasteiger partial charge on any atom is -0.312 e. The molecule has 0 saturated carbocycles. The van der Waals surface area contributed by atoms with Gasteiger partial charge in [0.05, 0.1) is 0 Å². The summed E-state index contributed by atoms with van der Waals surface area (Å²) in [6.45, 7) is 8.27. The maximum Gasteiger partial charge on any atom is 0.0192 e. The first-order chi connectivity index (χ1) is 9.15. The van der Waals surface area contributed by atoms with Gasteiger partial charge in [0.15, 0.2) is 0 Å². The van der Waals surface area contributed by atoms with E-state index in [2.05, 4.69) is 64.3 Å². The lowest BCUT2D eigenvalue weighted by molar-refractivity contribution is 0.247. The molecule has 1 saturated heterocycles. The van der Waals surface area contributed by atoms with Crippen molar-refractivity contribution in [3.8, 4) is 0 Å². The fourth-order valence-electron chi connectivity index (χ4n) is 2.73. The average molecular weight is 325 g/mol. The number of rotatable bonds is 6. The van der Waals surface area contributed by atoms with Crippen LogP contribution in [0.15, 0.2) is 28.7 Å². The Morgan fingerprint density at radius 3 is 2.42 bits per heavy atom. The highest BCUT2D eigenvalue weighted by Crippen LogP contribution is 2.13. The van der Waals surface area contributed by atoms with Gasteiger partial charge in [0.2, 0.25) is 0 Å². The zero-order valence-electron chi connectivity index (χ0n) is 12.0. The van der Waals surface area contributed by atoms with Crippen molar-refractivity contribution in [2.45, 2.75) is 45.2 Å².